The molecule has 0 spiro atoms. The Morgan fingerprint density at radius 2 is 2.00 bits per heavy atom. The third-order valence-corrected chi connectivity index (χ3v) is 4.86. The van der Waals surface area contributed by atoms with Crippen molar-refractivity contribution >= 4 is 5.95 Å². The molecule has 0 fully saturated rings. The van der Waals surface area contributed by atoms with Crippen LogP contribution in [0.2, 0.25) is 0 Å². The van der Waals surface area contributed by atoms with Crippen LogP contribution in [-0.2, 0) is 13.5 Å². The largest absolute Gasteiger partial charge is 0.347 e. The summed E-state index contributed by atoms with van der Waals surface area (Å²) < 4.78 is 1.90. The first-order valence-corrected chi connectivity index (χ1v) is 8.31. The Bertz CT molecular complexity index is 897. The number of rotatable bonds is 3. The SMILES string of the molecule is Cc1nn(C)c(C)c1-c1ccnc(N[C@H]2CCc3ccccc32)n1. The molecule has 24 heavy (non-hydrogen) atoms. The van der Waals surface area contributed by atoms with Gasteiger partial charge in [-0.1, -0.05) is 24.3 Å². The van der Waals surface area contributed by atoms with E-state index < -0.39 is 0 Å². The molecule has 1 N–H and O–H groups in total. The number of hydrogen-bond donors (Lipinski definition) is 1. The van der Waals surface area contributed by atoms with Gasteiger partial charge >= 0.3 is 0 Å². The van der Waals surface area contributed by atoms with Gasteiger partial charge in [-0.3, -0.25) is 4.68 Å². The maximum atomic E-state index is 4.74. The Morgan fingerprint density at radius 1 is 1.17 bits per heavy atom. The molecule has 2 heterocycles. The van der Waals surface area contributed by atoms with Crippen molar-refractivity contribution in [3.8, 4) is 11.3 Å². The maximum Gasteiger partial charge on any atom is 0.223 e. The van der Waals surface area contributed by atoms with E-state index in [4.69, 9.17) is 4.98 Å². The number of aryl methyl sites for hydroxylation is 3. The summed E-state index contributed by atoms with van der Waals surface area (Å²) in [5.74, 6) is 0.678. The van der Waals surface area contributed by atoms with Crippen LogP contribution in [0.25, 0.3) is 11.3 Å². The Hall–Kier alpha value is -2.69. The fraction of sp³-hybridized carbons (Fsp3) is 0.316. The lowest BCUT2D eigenvalue weighted by molar-refractivity contribution is 0.731. The summed E-state index contributed by atoms with van der Waals surface area (Å²) in [6, 6.07) is 10.8. The summed E-state index contributed by atoms with van der Waals surface area (Å²) in [6.45, 7) is 4.09. The van der Waals surface area contributed by atoms with Crippen molar-refractivity contribution in [1.82, 2.24) is 19.7 Å². The summed E-state index contributed by atoms with van der Waals surface area (Å²) in [7, 11) is 1.96. The number of hydrogen-bond acceptors (Lipinski definition) is 4. The van der Waals surface area contributed by atoms with E-state index in [9.17, 15) is 0 Å². The highest BCUT2D eigenvalue weighted by atomic mass is 15.3. The van der Waals surface area contributed by atoms with E-state index in [1.54, 1.807) is 0 Å². The summed E-state index contributed by atoms with van der Waals surface area (Å²) in [4.78, 5) is 9.16. The van der Waals surface area contributed by atoms with Crippen molar-refractivity contribution in [2.45, 2.75) is 32.7 Å². The van der Waals surface area contributed by atoms with Crippen LogP contribution in [0.4, 0.5) is 5.95 Å². The van der Waals surface area contributed by atoms with Gasteiger partial charge in [-0.2, -0.15) is 5.10 Å². The minimum absolute atomic E-state index is 0.285. The number of aromatic nitrogens is 4. The fourth-order valence-electron chi connectivity index (χ4n) is 3.57. The number of fused-ring (bicyclic) bond motifs is 1. The molecule has 2 aromatic heterocycles. The van der Waals surface area contributed by atoms with Crippen molar-refractivity contribution in [2.75, 3.05) is 5.32 Å². The molecule has 1 atom stereocenters. The molecule has 5 heteroatoms. The predicted octanol–water partition coefficient (Wildman–Crippen LogP) is 3.59. The second-order valence-electron chi connectivity index (χ2n) is 6.37. The van der Waals surface area contributed by atoms with E-state index in [0.717, 1.165) is 35.5 Å². The molecule has 1 aliphatic carbocycles. The van der Waals surface area contributed by atoms with Crippen LogP contribution in [0.1, 0.15) is 35.0 Å². The first-order chi connectivity index (χ1) is 11.6. The monoisotopic (exact) mass is 319 g/mol. The fourth-order valence-corrected chi connectivity index (χ4v) is 3.57. The summed E-state index contributed by atoms with van der Waals surface area (Å²) in [5, 5.41) is 7.99. The summed E-state index contributed by atoms with van der Waals surface area (Å²) >= 11 is 0. The van der Waals surface area contributed by atoms with E-state index in [2.05, 4.69) is 46.6 Å². The molecule has 0 saturated carbocycles. The molecule has 0 radical (unpaired) electrons. The molecule has 0 unspecified atom stereocenters. The van der Waals surface area contributed by atoms with Crippen LogP contribution in [0, 0.1) is 13.8 Å². The first kappa shape index (κ1) is 14.9. The molecule has 0 amide bonds. The van der Waals surface area contributed by atoms with Crippen LogP contribution in [-0.4, -0.2) is 19.7 Å². The van der Waals surface area contributed by atoms with Gasteiger partial charge in [0, 0.05) is 24.5 Å². The van der Waals surface area contributed by atoms with Crippen molar-refractivity contribution < 1.29 is 0 Å². The average molecular weight is 319 g/mol. The topological polar surface area (TPSA) is 55.6 Å². The molecular formula is C19H21N5. The standard InChI is InChI=1S/C19H21N5/c1-12-18(13(2)24(3)23-12)17-10-11-20-19(22-17)21-16-9-8-14-6-4-5-7-15(14)16/h4-7,10-11,16H,8-9H2,1-3H3,(H,20,21,22)/t16-/m0/s1. The van der Waals surface area contributed by atoms with Crippen molar-refractivity contribution in [2.24, 2.45) is 7.05 Å². The molecule has 4 rings (SSSR count). The van der Waals surface area contributed by atoms with E-state index in [1.165, 1.54) is 11.1 Å². The van der Waals surface area contributed by atoms with Gasteiger partial charge < -0.3 is 5.32 Å². The van der Waals surface area contributed by atoms with Crippen LogP contribution >= 0.6 is 0 Å². The highest BCUT2D eigenvalue weighted by Crippen LogP contribution is 2.33. The van der Waals surface area contributed by atoms with Gasteiger partial charge in [0.25, 0.3) is 0 Å². The van der Waals surface area contributed by atoms with Gasteiger partial charge in [-0.15, -0.1) is 0 Å². The zero-order valence-corrected chi connectivity index (χ0v) is 14.2. The quantitative estimate of drug-likeness (QED) is 0.801. The summed E-state index contributed by atoms with van der Waals surface area (Å²) in [5.41, 5.74) is 6.90. The number of nitrogens with zero attached hydrogens (tertiary/aromatic N) is 4. The van der Waals surface area contributed by atoms with Crippen molar-refractivity contribution in [3.05, 3.63) is 59.0 Å². The molecular weight excluding hydrogens is 298 g/mol. The average Bonchev–Trinajstić information content (AvgIpc) is 3.09. The van der Waals surface area contributed by atoms with Crippen LogP contribution in [0.15, 0.2) is 36.5 Å². The number of nitrogens with one attached hydrogen (secondary N) is 1. The minimum atomic E-state index is 0.285. The van der Waals surface area contributed by atoms with Crippen molar-refractivity contribution in [3.63, 3.8) is 0 Å². The zero-order chi connectivity index (χ0) is 16.7. The van der Waals surface area contributed by atoms with Crippen LogP contribution in [0.5, 0.6) is 0 Å². The molecule has 0 bridgehead atoms. The Labute approximate surface area is 141 Å². The smallest absolute Gasteiger partial charge is 0.223 e. The van der Waals surface area contributed by atoms with Gasteiger partial charge in [0.1, 0.15) is 0 Å². The van der Waals surface area contributed by atoms with E-state index >= 15 is 0 Å². The molecule has 0 aliphatic heterocycles. The number of anilines is 1. The lowest BCUT2D eigenvalue weighted by Gasteiger charge is -2.14. The predicted molar refractivity (Wildman–Crippen MR) is 94.8 cm³/mol. The van der Waals surface area contributed by atoms with Crippen LogP contribution < -0.4 is 5.32 Å². The highest BCUT2D eigenvalue weighted by Gasteiger charge is 2.22. The minimum Gasteiger partial charge on any atom is -0.347 e. The van der Waals surface area contributed by atoms with E-state index in [-0.39, 0.29) is 6.04 Å². The van der Waals surface area contributed by atoms with Gasteiger partial charge in [0.2, 0.25) is 5.95 Å². The Balaban J connectivity index is 1.65. The highest BCUT2D eigenvalue weighted by molar-refractivity contribution is 5.65. The van der Waals surface area contributed by atoms with Crippen molar-refractivity contribution in [1.29, 1.82) is 0 Å². The second-order valence-corrected chi connectivity index (χ2v) is 6.37. The van der Waals surface area contributed by atoms with Gasteiger partial charge in [0.05, 0.1) is 17.4 Å². The molecule has 122 valence electrons. The van der Waals surface area contributed by atoms with Gasteiger partial charge in [-0.05, 0) is 43.9 Å². The molecule has 1 aliphatic rings. The normalized spacial score (nSPS) is 16.2. The Kier molecular flexibility index (Phi) is 3.56. The van der Waals surface area contributed by atoms with E-state index in [0.29, 0.717) is 5.95 Å². The Morgan fingerprint density at radius 3 is 2.79 bits per heavy atom. The number of benzene rings is 1. The second kappa shape index (κ2) is 5.74. The molecule has 5 nitrogen and oxygen atoms in total. The first-order valence-electron chi connectivity index (χ1n) is 8.31. The zero-order valence-electron chi connectivity index (χ0n) is 14.2. The maximum absolute atomic E-state index is 4.74. The van der Waals surface area contributed by atoms with Gasteiger partial charge in [0.15, 0.2) is 0 Å². The lowest BCUT2D eigenvalue weighted by atomic mass is 10.1. The third kappa shape index (κ3) is 2.46. The lowest BCUT2D eigenvalue weighted by Crippen LogP contribution is -2.10. The summed E-state index contributed by atoms with van der Waals surface area (Å²) in [6.07, 6.45) is 4.00. The molecule has 0 saturated heterocycles. The molecule has 3 aromatic rings. The molecule has 1 aromatic carbocycles. The van der Waals surface area contributed by atoms with Gasteiger partial charge in [-0.25, -0.2) is 9.97 Å². The van der Waals surface area contributed by atoms with Crippen LogP contribution in [0.3, 0.4) is 0 Å². The third-order valence-electron chi connectivity index (χ3n) is 4.86. The van der Waals surface area contributed by atoms with E-state index in [1.807, 2.05) is 30.9 Å².